The van der Waals surface area contributed by atoms with E-state index in [2.05, 4.69) is 15.3 Å². The average Bonchev–Trinajstić information content (AvgIpc) is 3.08. The van der Waals surface area contributed by atoms with Crippen LogP contribution in [0.25, 0.3) is 27.8 Å². The van der Waals surface area contributed by atoms with Gasteiger partial charge in [-0.05, 0) is 55.0 Å². The molecule has 0 aliphatic rings. The summed E-state index contributed by atoms with van der Waals surface area (Å²) in [7, 11) is 0. The molecule has 142 valence electrons. The SMILES string of the molecule is Cc1cccc(-n2c(=O)nc(Nc3ccncc3)c3oc4ccc(Cl)cc4c32)c1. The lowest BCUT2D eigenvalue weighted by atomic mass is 10.2. The van der Waals surface area contributed by atoms with Gasteiger partial charge in [0.15, 0.2) is 11.4 Å². The number of hydrogen-bond acceptors (Lipinski definition) is 5. The van der Waals surface area contributed by atoms with E-state index in [1.807, 2.05) is 31.2 Å². The molecule has 3 heterocycles. The number of benzene rings is 2. The highest BCUT2D eigenvalue weighted by atomic mass is 35.5. The maximum Gasteiger partial charge on any atom is 0.354 e. The van der Waals surface area contributed by atoms with Gasteiger partial charge in [0.2, 0.25) is 0 Å². The first kappa shape index (κ1) is 17.5. The van der Waals surface area contributed by atoms with E-state index < -0.39 is 5.69 Å². The van der Waals surface area contributed by atoms with Gasteiger partial charge in [0.05, 0.1) is 5.69 Å². The second-order valence-electron chi connectivity index (χ2n) is 6.70. The van der Waals surface area contributed by atoms with E-state index in [0.717, 1.165) is 16.6 Å². The zero-order valence-electron chi connectivity index (χ0n) is 15.4. The summed E-state index contributed by atoms with van der Waals surface area (Å²) in [6.07, 6.45) is 3.32. The third-order valence-electron chi connectivity index (χ3n) is 4.66. The summed E-state index contributed by atoms with van der Waals surface area (Å²) < 4.78 is 7.66. The molecule has 29 heavy (non-hydrogen) atoms. The fourth-order valence-corrected chi connectivity index (χ4v) is 3.57. The molecular formula is C22H15ClN4O2. The lowest BCUT2D eigenvalue weighted by molar-refractivity contribution is 0.665. The Labute approximate surface area is 170 Å². The van der Waals surface area contributed by atoms with Gasteiger partial charge in [-0.3, -0.25) is 9.55 Å². The first-order valence-corrected chi connectivity index (χ1v) is 9.37. The van der Waals surface area contributed by atoms with Gasteiger partial charge >= 0.3 is 5.69 Å². The molecule has 0 radical (unpaired) electrons. The molecule has 0 bridgehead atoms. The number of nitrogens with zero attached hydrogens (tertiary/aromatic N) is 3. The maximum absolute atomic E-state index is 13.1. The Bertz CT molecular complexity index is 1420. The number of nitrogens with one attached hydrogen (secondary N) is 1. The van der Waals surface area contributed by atoms with Crippen LogP contribution >= 0.6 is 11.6 Å². The normalized spacial score (nSPS) is 11.2. The van der Waals surface area contributed by atoms with Gasteiger partial charge < -0.3 is 9.73 Å². The number of aromatic nitrogens is 3. The molecule has 7 heteroatoms. The number of fused-ring (bicyclic) bond motifs is 3. The monoisotopic (exact) mass is 402 g/mol. The van der Waals surface area contributed by atoms with E-state index >= 15 is 0 Å². The zero-order chi connectivity index (χ0) is 20.0. The molecule has 0 saturated carbocycles. The van der Waals surface area contributed by atoms with Crippen LogP contribution in [0.4, 0.5) is 11.5 Å². The van der Waals surface area contributed by atoms with Crippen LogP contribution in [0.2, 0.25) is 5.02 Å². The Morgan fingerprint density at radius 1 is 1.07 bits per heavy atom. The summed E-state index contributed by atoms with van der Waals surface area (Å²) >= 11 is 6.24. The van der Waals surface area contributed by atoms with Crippen LogP contribution in [-0.2, 0) is 0 Å². The summed E-state index contributed by atoms with van der Waals surface area (Å²) in [6.45, 7) is 1.98. The fraction of sp³-hybridized carbons (Fsp3) is 0.0455. The molecular weight excluding hydrogens is 388 g/mol. The Kier molecular flexibility index (Phi) is 4.07. The Morgan fingerprint density at radius 3 is 2.69 bits per heavy atom. The third kappa shape index (κ3) is 3.03. The van der Waals surface area contributed by atoms with Crippen LogP contribution in [0, 0.1) is 6.92 Å². The number of anilines is 2. The van der Waals surface area contributed by atoms with E-state index in [4.69, 9.17) is 16.0 Å². The molecule has 6 nitrogen and oxygen atoms in total. The van der Waals surface area contributed by atoms with Gasteiger partial charge in [-0.15, -0.1) is 0 Å². The summed E-state index contributed by atoms with van der Waals surface area (Å²) in [6, 6.07) is 16.6. The van der Waals surface area contributed by atoms with Crippen LogP contribution < -0.4 is 11.0 Å². The van der Waals surface area contributed by atoms with Crippen molar-refractivity contribution in [2.24, 2.45) is 0 Å². The van der Waals surface area contributed by atoms with Crippen molar-refractivity contribution in [2.45, 2.75) is 6.92 Å². The topological polar surface area (TPSA) is 73.0 Å². The molecule has 0 spiro atoms. The minimum absolute atomic E-state index is 0.340. The van der Waals surface area contributed by atoms with Crippen LogP contribution in [-0.4, -0.2) is 14.5 Å². The van der Waals surface area contributed by atoms with E-state index in [1.54, 1.807) is 47.3 Å². The second kappa shape index (κ2) is 6.76. The predicted molar refractivity (Wildman–Crippen MR) is 114 cm³/mol. The summed E-state index contributed by atoms with van der Waals surface area (Å²) in [5, 5.41) is 4.46. The average molecular weight is 403 g/mol. The number of aryl methyl sites for hydroxylation is 1. The van der Waals surface area contributed by atoms with Crippen LogP contribution in [0.1, 0.15) is 5.56 Å². The molecule has 5 aromatic rings. The van der Waals surface area contributed by atoms with Crippen LogP contribution in [0.5, 0.6) is 0 Å². The number of rotatable bonds is 3. The van der Waals surface area contributed by atoms with Crippen molar-refractivity contribution < 1.29 is 4.42 Å². The van der Waals surface area contributed by atoms with Crippen molar-refractivity contribution >= 4 is 45.2 Å². The van der Waals surface area contributed by atoms with Gasteiger partial charge in [0, 0.05) is 28.5 Å². The Morgan fingerprint density at radius 2 is 1.90 bits per heavy atom. The minimum Gasteiger partial charge on any atom is -0.450 e. The lowest BCUT2D eigenvalue weighted by Crippen LogP contribution is -2.22. The van der Waals surface area contributed by atoms with Crippen molar-refractivity contribution in [1.29, 1.82) is 0 Å². The second-order valence-corrected chi connectivity index (χ2v) is 7.13. The summed E-state index contributed by atoms with van der Waals surface area (Å²) in [5.41, 5.74) is 3.79. The molecule has 2 aromatic carbocycles. The number of furan rings is 1. The van der Waals surface area contributed by atoms with Crippen molar-refractivity contribution in [3.63, 3.8) is 0 Å². The van der Waals surface area contributed by atoms with Crippen molar-refractivity contribution in [1.82, 2.24) is 14.5 Å². The Hall–Kier alpha value is -3.64. The minimum atomic E-state index is -0.415. The summed E-state index contributed by atoms with van der Waals surface area (Å²) in [4.78, 5) is 21.4. The predicted octanol–water partition coefficient (Wildman–Crippen LogP) is 5.23. The standard InChI is InChI=1S/C22H15ClN4O2/c1-13-3-2-4-16(11-13)27-19-17-12-14(23)5-6-18(17)29-20(19)21(26-22(27)28)25-15-7-9-24-10-8-15/h2-12H,1H3,(H,24,25,26,28). The van der Waals surface area contributed by atoms with Crippen molar-refractivity contribution in [3.8, 4) is 5.69 Å². The highest BCUT2D eigenvalue weighted by Gasteiger charge is 2.20. The molecule has 0 saturated heterocycles. The van der Waals surface area contributed by atoms with Crippen LogP contribution in [0.15, 0.2) is 76.2 Å². The van der Waals surface area contributed by atoms with E-state index in [9.17, 15) is 4.79 Å². The highest BCUT2D eigenvalue weighted by Crippen LogP contribution is 2.35. The lowest BCUT2D eigenvalue weighted by Gasteiger charge is -2.11. The largest absolute Gasteiger partial charge is 0.450 e. The van der Waals surface area contributed by atoms with Gasteiger partial charge in [0.1, 0.15) is 11.1 Å². The molecule has 5 rings (SSSR count). The molecule has 0 fully saturated rings. The van der Waals surface area contributed by atoms with Gasteiger partial charge in [-0.1, -0.05) is 23.7 Å². The number of hydrogen-bond donors (Lipinski definition) is 1. The maximum atomic E-state index is 13.1. The highest BCUT2D eigenvalue weighted by molar-refractivity contribution is 6.31. The van der Waals surface area contributed by atoms with E-state index in [1.165, 1.54) is 0 Å². The smallest absolute Gasteiger partial charge is 0.354 e. The molecule has 0 aliphatic carbocycles. The van der Waals surface area contributed by atoms with Crippen molar-refractivity contribution in [2.75, 3.05) is 5.32 Å². The number of pyridine rings is 1. The quantitative estimate of drug-likeness (QED) is 0.447. The molecule has 0 unspecified atom stereocenters. The molecule has 3 aromatic heterocycles. The molecule has 0 aliphatic heterocycles. The fourth-order valence-electron chi connectivity index (χ4n) is 3.39. The number of halogens is 1. The van der Waals surface area contributed by atoms with Crippen molar-refractivity contribution in [3.05, 3.63) is 88.1 Å². The van der Waals surface area contributed by atoms with Gasteiger partial charge in [-0.25, -0.2) is 4.79 Å². The zero-order valence-corrected chi connectivity index (χ0v) is 16.1. The first-order chi connectivity index (χ1) is 14.1. The van der Waals surface area contributed by atoms with E-state index in [0.29, 0.717) is 33.2 Å². The van der Waals surface area contributed by atoms with Crippen LogP contribution in [0.3, 0.4) is 0 Å². The third-order valence-corrected chi connectivity index (χ3v) is 4.90. The summed E-state index contributed by atoms with van der Waals surface area (Å²) in [5.74, 6) is 0.340. The van der Waals surface area contributed by atoms with E-state index in [-0.39, 0.29) is 0 Å². The van der Waals surface area contributed by atoms with Gasteiger partial charge in [-0.2, -0.15) is 4.98 Å². The molecule has 0 amide bonds. The Balaban J connectivity index is 1.87. The van der Waals surface area contributed by atoms with Gasteiger partial charge in [0.25, 0.3) is 0 Å². The molecule has 1 N–H and O–H groups in total. The first-order valence-electron chi connectivity index (χ1n) is 8.99. The molecule has 0 atom stereocenters.